The van der Waals surface area contributed by atoms with Crippen LogP contribution in [0.3, 0.4) is 0 Å². The first kappa shape index (κ1) is 18.3. The molecule has 5 nitrogen and oxygen atoms in total. The SMILES string of the molecule is CCOc1ccc(-c2nc3ccccn3c2-c2ccc(S(C)(=O)=O)cc2)cc1. The number of hydrogen-bond acceptors (Lipinski definition) is 4. The van der Waals surface area contributed by atoms with Gasteiger partial charge in [-0.1, -0.05) is 18.2 Å². The lowest BCUT2D eigenvalue weighted by Crippen LogP contribution is -1.97. The lowest BCUT2D eigenvalue weighted by atomic mass is 10.0. The largest absolute Gasteiger partial charge is 0.494 e. The third-order valence-electron chi connectivity index (χ3n) is 4.52. The van der Waals surface area contributed by atoms with Crippen molar-refractivity contribution < 1.29 is 13.2 Å². The van der Waals surface area contributed by atoms with E-state index in [-0.39, 0.29) is 0 Å². The maximum Gasteiger partial charge on any atom is 0.175 e. The highest BCUT2D eigenvalue weighted by atomic mass is 32.2. The summed E-state index contributed by atoms with van der Waals surface area (Å²) in [6.45, 7) is 2.57. The second-order valence-corrected chi connectivity index (χ2v) is 8.51. The predicted molar refractivity (Wildman–Crippen MR) is 110 cm³/mol. The first-order valence-corrected chi connectivity index (χ1v) is 10.9. The topological polar surface area (TPSA) is 60.7 Å². The highest BCUT2D eigenvalue weighted by Gasteiger charge is 2.16. The van der Waals surface area contributed by atoms with E-state index in [4.69, 9.17) is 9.72 Å². The molecule has 0 radical (unpaired) electrons. The average Bonchev–Trinajstić information content (AvgIpc) is 3.08. The van der Waals surface area contributed by atoms with Gasteiger partial charge in [-0.05, 0) is 55.5 Å². The lowest BCUT2D eigenvalue weighted by Gasteiger charge is -2.08. The molecule has 2 aromatic heterocycles. The molecule has 4 aromatic rings. The van der Waals surface area contributed by atoms with Gasteiger partial charge in [0.1, 0.15) is 11.4 Å². The van der Waals surface area contributed by atoms with Crippen molar-refractivity contribution in [2.24, 2.45) is 0 Å². The van der Waals surface area contributed by atoms with Crippen molar-refractivity contribution >= 4 is 15.5 Å². The Balaban J connectivity index is 1.88. The molecular formula is C22H20N2O3S. The van der Waals surface area contributed by atoms with E-state index in [0.717, 1.165) is 33.9 Å². The first-order chi connectivity index (χ1) is 13.5. The Morgan fingerprint density at radius 3 is 2.25 bits per heavy atom. The number of benzene rings is 2. The zero-order valence-corrected chi connectivity index (χ0v) is 16.5. The summed E-state index contributed by atoms with van der Waals surface area (Å²) in [6.07, 6.45) is 3.17. The van der Waals surface area contributed by atoms with Gasteiger partial charge >= 0.3 is 0 Å². The number of pyridine rings is 1. The maximum absolute atomic E-state index is 11.8. The molecule has 0 fully saturated rings. The van der Waals surface area contributed by atoms with Gasteiger partial charge < -0.3 is 4.74 Å². The molecule has 0 N–H and O–H groups in total. The van der Waals surface area contributed by atoms with Crippen LogP contribution in [0.4, 0.5) is 0 Å². The molecule has 0 amide bonds. The zero-order valence-electron chi connectivity index (χ0n) is 15.7. The monoisotopic (exact) mass is 392 g/mol. The van der Waals surface area contributed by atoms with E-state index in [1.54, 1.807) is 12.1 Å². The number of hydrogen-bond donors (Lipinski definition) is 0. The van der Waals surface area contributed by atoms with E-state index in [2.05, 4.69) is 0 Å². The molecule has 0 aliphatic carbocycles. The summed E-state index contributed by atoms with van der Waals surface area (Å²) in [6, 6.07) is 20.6. The van der Waals surface area contributed by atoms with Gasteiger partial charge in [0, 0.05) is 23.6 Å². The Morgan fingerprint density at radius 2 is 1.61 bits per heavy atom. The molecule has 0 aliphatic rings. The van der Waals surface area contributed by atoms with Crippen molar-refractivity contribution in [3.63, 3.8) is 0 Å². The third-order valence-corrected chi connectivity index (χ3v) is 5.65. The van der Waals surface area contributed by atoms with Crippen LogP contribution >= 0.6 is 0 Å². The van der Waals surface area contributed by atoms with Crippen molar-refractivity contribution in [3.8, 4) is 28.3 Å². The molecular weight excluding hydrogens is 372 g/mol. The summed E-state index contributed by atoms with van der Waals surface area (Å²) >= 11 is 0. The van der Waals surface area contributed by atoms with Gasteiger partial charge in [-0.2, -0.15) is 0 Å². The van der Waals surface area contributed by atoms with Crippen molar-refractivity contribution in [1.82, 2.24) is 9.38 Å². The summed E-state index contributed by atoms with van der Waals surface area (Å²) in [5.41, 5.74) is 4.44. The second-order valence-electron chi connectivity index (χ2n) is 6.49. The minimum Gasteiger partial charge on any atom is -0.494 e. The fraction of sp³-hybridized carbons (Fsp3) is 0.136. The molecule has 0 saturated carbocycles. The van der Waals surface area contributed by atoms with Crippen LogP contribution in [-0.2, 0) is 9.84 Å². The van der Waals surface area contributed by atoms with Crippen molar-refractivity contribution in [2.45, 2.75) is 11.8 Å². The molecule has 6 heteroatoms. The van der Waals surface area contributed by atoms with Gasteiger partial charge in [0.05, 0.1) is 22.9 Å². The Labute approximate surface area is 164 Å². The van der Waals surface area contributed by atoms with Crippen LogP contribution < -0.4 is 4.74 Å². The van der Waals surface area contributed by atoms with Crippen LogP contribution in [0.1, 0.15) is 6.92 Å². The highest BCUT2D eigenvalue weighted by Crippen LogP contribution is 2.34. The number of nitrogens with zero attached hydrogens (tertiary/aromatic N) is 2. The minimum atomic E-state index is -3.24. The summed E-state index contributed by atoms with van der Waals surface area (Å²) < 4.78 is 31.1. The van der Waals surface area contributed by atoms with Crippen molar-refractivity contribution in [3.05, 3.63) is 72.9 Å². The first-order valence-electron chi connectivity index (χ1n) is 8.98. The van der Waals surface area contributed by atoms with Crippen LogP contribution in [0.2, 0.25) is 0 Å². The maximum atomic E-state index is 11.8. The van der Waals surface area contributed by atoms with Crippen molar-refractivity contribution in [2.75, 3.05) is 12.9 Å². The zero-order chi connectivity index (χ0) is 19.7. The number of ether oxygens (including phenoxy) is 1. The van der Waals surface area contributed by atoms with E-state index >= 15 is 0 Å². The average molecular weight is 392 g/mol. The molecule has 0 saturated heterocycles. The minimum absolute atomic E-state index is 0.299. The van der Waals surface area contributed by atoms with Crippen LogP contribution in [0.5, 0.6) is 5.75 Å². The summed E-state index contributed by atoms with van der Waals surface area (Å²) in [5, 5.41) is 0. The Morgan fingerprint density at radius 1 is 0.929 bits per heavy atom. The van der Waals surface area contributed by atoms with Gasteiger partial charge in [0.15, 0.2) is 9.84 Å². The quantitative estimate of drug-likeness (QED) is 0.503. The Hall–Kier alpha value is -3.12. The fourth-order valence-corrected chi connectivity index (χ4v) is 3.84. The molecule has 0 spiro atoms. The number of imidazole rings is 1. The number of fused-ring (bicyclic) bond motifs is 1. The summed E-state index contributed by atoms with van der Waals surface area (Å²) in [5.74, 6) is 0.814. The molecule has 2 aromatic carbocycles. The van der Waals surface area contributed by atoms with Crippen molar-refractivity contribution in [1.29, 1.82) is 0 Å². The molecule has 28 heavy (non-hydrogen) atoms. The van der Waals surface area contributed by atoms with Crippen LogP contribution in [0.25, 0.3) is 28.2 Å². The summed E-state index contributed by atoms with van der Waals surface area (Å²) in [4.78, 5) is 5.11. The normalized spacial score (nSPS) is 11.6. The fourth-order valence-electron chi connectivity index (χ4n) is 3.21. The highest BCUT2D eigenvalue weighted by molar-refractivity contribution is 7.90. The standard InChI is InChI=1S/C22H20N2O3S/c1-3-27-18-11-7-16(8-12-18)21-22(24-15-5-4-6-20(24)23-21)17-9-13-19(14-10-17)28(2,25)26/h4-15H,3H2,1-2H3. The van der Waals surface area contributed by atoms with E-state index in [1.807, 2.05) is 72.1 Å². The van der Waals surface area contributed by atoms with Gasteiger partial charge in [0.25, 0.3) is 0 Å². The molecule has 0 unspecified atom stereocenters. The smallest absolute Gasteiger partial charge is 0.175 e. The van der Waals surface area contributed by atoms with E-state index < -0.39 is 9.84 Å². The predicted octanol–water partition coefficient (Wildman–Crippen LogP) is 4.47. The van der Waals surface area contributed by atoms with Gasteiger partial charge in [-0.3, -0.25) is 4.40 Å². The van der Waals surface area contributed by atoms with Gasteiger partial charge in [0.2, 0.25) is 0 Å². The van der Waals surface area contributed by atoms with Crippen LogP contribution in [-0.4, -0.2) is 30.7 Å². The molecule has 4 rings (SSSR count). The molecule has 0 atom stereocenters. The molecule has 142 valence electrons. The van der Waals surface area contributed by atoms with Gasteiger partial charge in [-0.15, -0.1) is 0 Å². The molecule has 2 heterocycles. The summed E-state index contributed by atoms with van der Waals surface area (Å²) in [7, 11) is -3.24. The lowest BCUT2D eigenvalue weighted by molar-refractivity contribution is 0.340. The third kappa shape index (κ3) is 3.39. The van der Waals surface area contributed by atoms with E-state index in [9.17, 15) is 8.42 Å². The van der Waals surface area contributed by atoms with Crippen LogP contribution in [0, 0.1) is 0 Å². The number of rotatable bonds is 5. The van der Waals surface area contributed by atoms with E-state index in [0.29, 0.717) is 11.5 Å². The van der Waals surface area contributed by atoms with E-state index in [1.165, 1.54) is 6.26 Å². The Bertz CT molecular complexity index is 1230. The second kappa shape index (κ2) is 7.13. The molecule has 0 aliphatic heterocycles. The molecule has 0 bridgehead atoms. The number of sulfone groups is 1. The van der Waals surface area contributed by atoms with Gasteiger partial charge in [-0.25, -0.2) is 13.4 Å². The van der Waals surface area contributed by atoms with Crippen LogP contribution in [0.15, 0.2) is 77.8 Å². The number of aromatic nitrogens is 2. The Kier molecular flexibility index (Phi) is 4.65.